The van der Waals surface area contributed by atoms with Gasteiger partial charge in [-0.05, 0) is 37.1 Å². The first-order valence-corrected chi connectivity index (χ1v) is 10.8. The highest BCUT2D eigenvalue weighted by molar-refractivity contribution is 7.89. The molecule has 6 nitrogen and oxygen atoms in total. The minimum absolute atomic E-state index is 0.342. The lowest BCUT2D eigenvalue weighted by Crippen LogP contribution is -2.27. The van der Waals surface area contributed by atoms with E-state index < -0.39 is 10.0 Å². The van der Waals surface area contributed by atoms with Gasteiger partial charge in [-0.25, -0.2) is 13.4 Å². The van der Waals surface area contributed by atoms with Crippen molar-refractivity contribution >= 4 is 26.5 Å². The van der Waals surface area contributed by atoms with Gasteiger partial charge in [0.25, 0.3) is 0 Å². The normalized spacial score (nSPS) is 15.4. The molecule has 1 aromatic carbocycles. The van der Waals surface area contributed by atoms with Crippen molar-refractivity contribution in [3.05, 3.63) is 53.8 Å². The van der Waals surface area contributed by atoms with E-state index >= 15 is 0 Å². The summed E-state index contributed by atoms with van der Waals surface area (Å²) in [6, 6.07) is 10.7. The number of nitrogens with one attached hydrogen (secondary N) is 1. The average Bonchev–Trinajstić information content (AvgIpc) is 3.43. The van der Waals surface area contributed by atoms with Crippen LogP contribution >= 0.6 is 11.3 Å². The van der Waals surface area contributed by atoms with E-state index in [-0.39, 0.29) is 0 Å². The summed E-state index contributed by atoms with van der Waals surface area (Å²) in [4.78, 5) is 4.90. The summed E-state index contributed by atoms with van der Waals surface area (Å²) in [5.41, 5.74) is 1.72. The fourth-order valence-corrected chi connectivity index (χ4v) is 5.17. The van der Waals surface area contributed by atoms with Crippen molar-refractivity contribution in [2.75, 3.05) is 18.4 Å². The van der Waals surface area contributed by atoms with Crippen LogP contribution in [-0.4, -0.2) is 30.8 Å². The zero-order chi connectivity index (χ0) is 18.0. The molecular weight excluding hydrogens is 370 g/mol. The lowest BCUT2D eigenvalue weighted by atomic mass is 10.2. The molecule has 0 radical (unpaired) electrons. The van der Waals surface area contributed by atoms with E-state index in [0.29, 0.717) is 24.5 Å². The third-order valence-electron chi connectivity index (χ3n) is 4.35. The molecule has 1 aliphatic rings. The number of hydrogen-bond acceptors (Lipinski definition) is 6. The van der Waals surface area contributed by atoms with Crippen molar-refractivity contribution in [3.63, 3.8) is 0 Å². The summed E-state index contributed by atoms with van der Waals surface area (Å²) in [7, 11) is -3.37. The Morgan fingerprint density at radius 2 is 1.92 bits per heavy atom. The van der Waals surface area contributed by atoms with Gasteiger partial charge in [0.15, 0.2) is 5.13 Å². The van der Waals surface area contributed by atoms with Gasteiger partial charge in [0.05, 0.1) is 23.4 Å². The van der Waals surface area contributed by atoms with Gasteiger partial charge < -0.3 is 9.73 Å². The quantitative estimate of drug-likeness (QED) is 0.694. The zero-order valence-corrected chi connectivity index (χ0v) is 15.7. The van der Waals surface area contributed by atoms with Crippen LogP contribution in [0.15, 0.2) is 57.4 Å². The molecular formula is C18H19N3O3S2. The van der Waals surface area contributed by atoms with Crippen LogP contribution in [0.3, 0.4) is 0 Å². The molecule has 0 bridgehead atoms. The SMILES string of the molecule is O=S(=O)(c1ccc(-c2csc(NCc3ccco3)n2)cc1)N1CCCC1. The second kappa shape index (κ2) is 7.22. The number of nitrogens with zero attached hydrogens (tertiary/aromatic N) is 2. The van der Waals surface area contributed by atoms with Crippen molar-refractivity contribution in [3.8, 4) is 11.3 Å². The van der Waals surface area contributed by atoms with Crippen LogP contribution < -0.4 is 5.32 Å². The zero-order valence-electron chi connectivity index (χ0n) is 14.1. The Labute approximate surface area is 156 Å². The molecule has 136 valence electrons. The molecule has 0 aliphatic carbocycles. The molecule has 0 saturated carbocycles. The standard InChI is InChI=1S/C18H19N3O3S2/c22-26(23,21-9-1-2-10-21)16-7-5-14(6-8-16)17-13-25-18(20-17)19-12-15-4-3-11-24-15/h3-8,11,13H,1-2,9-10,12H2,(H,19,20). The molecule has 1 aliphatic heterocycles. The molecule has 3 heterocycles. The number of anilines is 1. The lowest BCUT2D eigenvalue weighted by molar-refractivity contribution is 0.477. The fraction of sp³-hybridized carbons (Fsp3) is 0.278. The minimum Gasteiger partial charge on any atom is -0.467 e. The Balaban J connectivity index is 1.47. The summed E-state index contributed by atoms with van der Waals surface area (Å²) >= 11 is 1.51. The Morgan fingerprint density at radius 3 is 2.62 bits per heavy atom. The number of sulfonamides is 1. The van der Waals surface area contributed by atoms with Crippen LogP contribution in [0.2, 0.25) is 0 Å². The highest BCUT2D eigenvalue weighted by Gasteiger charge is 2.26. The van der Waals surface area contributed by atoms with E-state index in [1.807, 2.05) is 29.6 Å². The van der Waals surface area contributed by atoms with Gasteiger partial charge in [0.2, 0.25) is 10.0 Å². The van der Waals surface area contributed by atoms with Crippen LogP contribution in [0.25, 0.3) is 11.3 Å². The van der Waals surface area contributed by atoms with Gasteiger partial charge in [-0.15, -0.1) is 11.3 Å². The second-order valence-corrected chi connectivity index (χ2v) is 8.90. The number of furan rings is 1. The Hall–Kier alpha value is -2.16. The monoisotopic (exact) mass is 389 g/mol. The molecule has 1 saturated heterocycles. The van der Waals surface area contributed by atoms with E-state index in [0.717, 1.165) is 35.0 Å². The molecule has 8 heteroatoms. The minimum atomic E-state index is -3.37. The van der Waals surface area contributed by atoms with E-state index in [1.165, 1.54) is 11.3 Å². The molecule has 1 fully saturated rings. The Kier molecular flexibility index (Phi) is 4.80. The highest BCUT2D eigenvalue weighted by Crippen LogP contribution is 2.27. The van der Waals surface area contributed by atoms with Crippen LogP contribution in [-0.2, 0) is 16.6 Å². The molecule has 26 heavy (non-hydrogen) atoms. The van der Waals surface area contributed by atoms with Crippen molar-refractivity contribution in [2.24, 2.45) is 0 Å². The van der Waals surface area contributed by atoms with Crippen LogP contribution in [0.5, 0.6) is 0 Å². The maximum Gasteiger partial charge on any atom is 0.243 e. The topological polar surface area (TPSA) is 75.4 Å². The molecule has 2 aromatic heterocycles. The van der Waals surface area contributed by atoms with Crippen molar-refractivity contribution in [1.29, 1.82) is 0 Å². The van der Waals surface area contributed by atoms with E-state index in [9.17, 15) is 8.42 Å². The first kappa shape index (κ1) is 17.3. The van der Waals surface area contributed by atoms with Crippen molar-refractivity contribution < 1.29 is 12.8 Å². The number of thiazole rings is 1. The number of benzene rings is 1. The fourth-order valence-electron chi connectivity index (χ4n) is 2.94. The number of aromatic nitrogens is 1. The van der Waals surface area contributed by atoms with Gasteiger partial charge in [-0.2, -0.15) is 4.31 Å². The smallest absolute Gasteiger partial charge is 0.243 e. The molecule has 0 amide bonds. The van der Waals surface area contributed by atoms with E-state index in [1.54, 1.807) is 22.7 Å². The predicted octanol–water partition coefficient (Wildman–Crippen LogP) is 3.80. The van der Waals surface area contributed by atoms with Gasteiger partial charge in [0, 0.05) is 24.0 Å². The molecule has 0 spiro atoms. The molecule has 0 atom stereocenters. The first-order valence-electron chi connectivity index (χ1n) is 8.45. The maximum absolute atomic E-state index is 12.6. The molecule has 4 rings (SSSR count). The Morgan fingerprint density at radius 1 is 1.15 bits per heavy atom. The van der Waals surface area contributed by atoms with E-state index in [4.69, 9.17) is 4.42 Å². The summed E-state index contributed by atoms with van der Waals surface area (Å²) in [6.07, 6.45) is 3.51. The maximum atomic E-state index is 12.6. The predicted molar refractivity (Wildman–Crippen MR) is 102 cm³/mol. The van der Waals surface area contributed by atoms with Gasteiger partial charge >= 0.3 is 0 Å². The van der Waals surface area contributed by atoms with Crippen molar-refractivity contribution in [1.82, 2.24) is 9.29 Å². The number of hydrogen-bond donors (Lipinski definition) is 1. The average molecular weight is 390 g/mol. The van der Waals surface area contributed by atoms with Crippen LogP contribution in [0, 0.1) is 0 Å². The highest BCUT2D eigenvalue weighted by atomic mass is 32.2. The summed E-state index contributed by atoms with van der Waals surface area (Å²) in [5.74, 6) is 0.846. The van der Waals surface area contributed by atoms with Crippen LogP contribution in [0.4, 0.5) is 5.13 Å². The number of rotatable bonds is 6. The summed E-state index contributed by atoms with van der Waals surface area (Å²) in [5, 5.41) is 5.97. The van der Waals surface area contributed by atoms with Gasteiger partial charge in [0.1, 0.15) is 5.76 Å². The summed E-state index contributed by atoms with van der Waals surface area (Å²) < 4.78 is 32.0. The summed E-state index contributed by atoms with van der Waals surface area (Å²) in [6.45, 7) is 1.80. The third kappa shape index (κ3) is 3.53. The third-order valence-corrected chi connectivity index (χ3v) is 7.06. The first-order chi connectivity index (χ1) is 12.6. The largest absolute Gasteiger partial charge is 0.467 e. The van der Waals surface area contributed by atoms with Crippen LogP contribution in [0.1, 0.15) is 18.6 Å². The second-order valence-electron chi connectivity index (χ2n) is 6.11. The molecule has 3 aromatic rings. The van der Waals surface area contributed by atoms with Gasteiger partial charge in [-0.3, -0.25) is 0 Å². The lowest BCUT2D eigenvalue weighted by Gasteiger charge is -2.15. The van der Waals surface area contributed by atoms with E-state index in [2.05, 4.69) is 10.3 Å². The molecule has 0 unspecified atom stereocenters. The Bertz CT molecular complexity index is 958. The molecule has 1 N–H and O–H groups in total. The van der Waals surface area contributed by atoms with Crippen molar-refractivity contribution in [2.45, 2.75) is 24.3 Å². The van der Waals surface area contributed by atoms with Gasteiger partial charge in [-0.1, -0.05) is 12.1 Å².